The van der Waals surface area contributed by atoms with E-state index in [1.165, 1.54) is 6.42 Å². The molecule has 31 heavy (non-hydrogen) atoms. The largest absolute Gasteiger partial charge is 0.497 e. The predicted molar refractivity (Wildman–Crippen MR) is 124 cm³/mol. The number of rotatable bonds is 7. The Morgan fingerprint density at radius 2 is 1.90 bits per heavy atom. The molecule has 1 saturated heterocycles. The molecular formula is C25H39N3O3. The summed E-state index contributed by atoms with van der Waals surface area (Å²) < 4.78 is 5.18. The normalized spacial score (nSPS) is 25.1. The standard InChI is InChI=1S/C25H39N3O3/c1-7-18(2)27(23(30)26-19-8-10-21(31-6)11-9-19)13-12-22(29)28-17-25(5)15-20(28)14-24(3,4)16-25/h8-11,18,20H,7,12-17H2,1-6H3,(H,26,30). The van der Waals surface area contributed by atoms with E-state index in [1.807, 2.05) is 31.2 Å². The van der Waals surface area contributed by atoms with Crippen LogP contribution in [0.3, 0.4) is 0 Å². The van der Waals surface area contributed by atoms with Crippen molar-refractivity contribution in [3.8, 4) is 5.75 Å². The zero-order chi connectivity index (χ0) is 22.8. The second kappa shape index (κ2) is 9.09. The van der Waals surface area contributed by atoms with Crippen LogP contribution in [0.4, 0.5) is 10.5 Å². The van der Waals surface area contributed by atoms with Gasteiger partial charge >= 0.3 is 6.03 Å². The number of likely N-dealkylation sites (tertiary alicyclic amines) is 1. The van der Waals surface area contributed by atoms with E-state index in [-0.39, 0.29) is 28.8 Å². The number of nitrogens with one attached hydrogen (secondary N) is 1. The van der Waals surface area contributed by atoms with E-state index in [4.69, 9.17) is 4.74 Å². The fraction of sp³-hybridized carbons (Fsp3) is 0.680. The van der Waals surface area contributed by atoms with Crippen LogP contribution < -0.4 is 10.1 Å². The van der Waals surface area contributed by atoms with Crippen molar-refractivity contribution in [2.24, 2.45) is 10.8 Å². The number of methoxy groups -OCH3 is 1. The first-order valence-corrected chi connectivity index (χ1v) is 11.6. The summed E-state index contributed by atoms with van der Waals surface area (Å²) in [5.74, 6) is 0.923. The van der Waals surface area contributed by atoms with Gasteiger partial charge in [0.2, 0.25) is 5.91 Å². The molecule has 1 heterocycles. The molecule has 6 heteroatoms. The monoisotopic (exact) mass is 429 g/mol. The maximum atomic E-state index is 13.2. The predicted octanol–water partition coefficient (Wildman–Crippen LogP) is 5.14. The summed E-state index contributed by atoms with van der Waals surface area (Å²) in [5, 5.41) is 2.96. The lowest BCUT2D eigenvalue weighted by atomic mass is 9.65. The Morgan fingerprint density at radius 1 is 1.23 bits per heavy atom. The van der Waals surface area contributed by atoms with Crippen molar-refractivity contribution in [1.29, 1.82) is 0 Å². The Kier molecular flexibility index (Phi) is 6.87. The first-order valence-electron chi connectivity index (χ1n) is 11.6. The summed E-state index contributed by atoms with van der Waals surface area (Å²) in [4.78, 5) is 30.0. The van der Waals surface area contributed by atoms with E-state index in [0.717, 1.165) is 31.6 Å². The maximum absolute atomic E-state index is 13.2. The second-order valence-corrected chi connectivity index (χ2v) is 10.6. The van der Waals surface area contributed by atoms with Crippen LogP contribution in [0.25, 0.3) is 0 Å². The molecule has 1 saturated carbocycles. The van der Waals surface area contributed by atoms with Crippen molar-refractivity contribution in [3.05, 3.63) is 24.3 Å². The van der Waals surface area contributed by atoms with Crippen LogP contribution in [0.1, 0.15) is 66.7 Å². The number of carbonyl (C=O) groups excluding carboxylic acids is 2. The smallest absolute Gasteiger partial charge is 0.322 e. The lowest BCUT2D eigenvalue weighted by molar-refractivity contribution is -0.132. The minimum Gasteiger partial charge on any atom is -0.497 e. The zero-order valence-electron chi connectivity index (χ0n) is 20.0. The van der Waals surface area contributed by atoms with E-state index in [2.05, 4.69) is 37.9 Å². The van der Waals surface area contributed by atoms with E-state index in [9.17, 15) is 9.59 Å². The van der Waals surface area contributed by atoms with Gasteiger partial charge in [0.15, 0.2) is 0 Å². The Labute approximate surface area is 187 Å². The summed E-state index contributed by atoms with van der Waals surface area (Å²) in [6, 6.07) is 7.51. The molecule has 0 aromatic heterocycles. The van der Waals surface area contributed by atoms with E-state index < -0.39 is 0 Å². The average molecular weight is 430 g/mol. The highest BCUT2D eigenvalue weighted by molar-refractivity contribution is 5.90. The third-order valence-corrected chi connectivity index (χ3v) is 7.03. The van der Waals surface area contributed by atoms with Gasteiger partial charge in [-0.3, -0.25) is 4.79 Å². The molecule has 1 aromatic carbocycles. The molecule has 1 aliphatic carbocycles. The molecule has 2 fully saturated rings. The number of nitrogens with zero attached hydrogens (tertiary/aromatic N) is 2. The number of benzene rings is 1. The van der Waals surface area contributed by atoms with Crippen LogP contribution in [0, 0.1) is 10.8 Å². The highest BCUT2D eigenvalue weighted by Crippen LogP contribution is 2.52. The van der Waals surface area contributed by atoms with E-state index in [0.29, 0.717) is 24.7 Å². The van der Waals surface area contributed by atoms with Gasteiger partial charge in [0.05, 0.1) is 7.11 Å². The quantitative estimate of drug-likeness (QED) is 0.652. The van der Waals surface area contributed by atoms with E-state index in [1.54, 1.807) is 12.0 Å². The number of amides is 3. The molecule has 6 nitrogen and oxygen atoms in total. The van der Waals surface area contributed by atoms with Crippen LogP contribution >= 0.6 is 0 Å². The molecule has 3 rings (SSSR count). The van der Waals surface area contributed by atoms with Crippen molar-refractivity contribution in [2.45, 2.75) is 78.8 Å². The Bertz CT molecular complexity index is 792. The van der Waals surface area contributed by atoms with Crippen LogP contribution in [0.5, 0.6) is 5.75 Å². The van der Waals surface area contributed by atoms with Gasteiger partial charge in [-0.1, -0.05) is 27.7 Å². The number of ether oxygens (including phenoxy) is 1. The molecule has 3 atom stereocenters. The summed E-state index contributed by atoms with van der Waals surface area (Å²) >= 11 is 0. The molecule has 0 spiro atoms. The first-order chi connectivity index (χ1) is 14.6. The molecule has 3 unspecified atom stereocenters. The maximum Gasteiger partial charge on any atom is 0.322 e. The third kappa shape index (κ3) is 5.52. The summed E-state index contributed by atoms with van der Waals surface area (Å²) in [6.45, 7) is 12.3. The number of hydrogen-bond donors (Lipinski definition) is 1. The molecule has 2 bridgehead atoms. The zero-order valence-corrected chi connectivity index (χ0v) is 20.0. The Hall–Kier alpha value is -2.24. The fourth-order valence-corrected chi connectivity index (χ4v) is 5.72. The van der Waals surface area contributed by atoms with Crippen molar-refractivity contribution >= 4 is 17.6 Å². The summed E-state index contributed by atoms with van der Waals surface area (Å²) in [6.07, 6.45) is 4.55. The molecule has 3 amide bonds. The summed E-state index contributed by atoms with van der Waals surface area (Å²) in [7, 11) is 1.62. The molecule has 0 radical (unpaired) electrons. The minimum atomic E-state index is -0.166. The Balaban J connectivity index is 1.62. The van der Waals surface area contributed by atoms with Gasteiger partial charge < -0.3 is 19.9 Å². The van der Waals surface area contributed by atoms with Gasteiger partial charge in [-0.15, -0.1) is 0 Å². The minimum absolute atomic E-state index is 0.0558. The van der Waals surface area contributed by atoms with Gasteiger partial charge in [0, 0.05) is 37.3 Å². The van der Waals surface area contributed by atoms with Gasteiger partial charge in [-0.05, 0) is 67.7 Å². The molecule has 1 aromatic rings. The number of anilines is 1. The fourth-order valence-electron chi connectivity index (χ4n) is 5.72. The lowest BCUT2D eigenvalue weighted by Gasteiger charge is -2.39. The Morgan fingerprint density at radius 3 is 2.52 bits per heavy atom. The topological polar surface area (TPSA) is 61.9 Å². The molecule has 1 N–H and O–H groups in total. The first kappa shape index (κ1) is 23.4. The molecular weight excluding hydrogens is 390 g/mol. The van der Waals surface area contributed by atoms with Gasteiger partial charge in [0.25, 0.3) is 0 Å². The highest BCUT2D eigenvalue weighted by atomic mass is 16.5. The number of urea groups is 1. The van der Waals surface area contributed by atoms with Gasteiger partial charge in [-0.2, -0.15) is 0 Å². The van der Waals surface area contributed by atoms with Crippen molar-refractivity contribution < 1.29 is 14.3 Å². The molecule has 2 aliphatic rings. The number of carbonyl (C=O) groups is 2. The number of hydrogen-bond acceptors (Lipinski definition) is 3. The second-order valence-electron chi connectivity index (χ2n) is 10.6. The number of fused-ring (bicyclic) bond motifs is 2. The van der Waals surface area contributed by atoms with Gasteiger partial charge in [0.1, 0.15) is 5.75 Å². The van der Waals surface area contributed by atoms with Crippen LogP contribution in [0.15, 0.2) is 24.3 Å². The molecule has 172 valence electrons. The van der Waals surface area contributed by atoms with Crippen molar-refractivity contribution in [3.63, 3.8) is 0 Å². The van der Waals surface area contributed by atoms with Crippen molar-refractivity contribution in [1.82, 2.24) is 9.80 Å². The van der Waals surface area contributed by atoms with Crippen LogP contribution in [-0.4, -0.2) is 54.0 Å². The third-order valence-electron chi connectivity index (χ3n) is 7.03. The molecule has 1 aliphatic heterocycles. The highest BCUT2D eigenvalue weighted by Gasteiger charge is 2.50. The summed E-state index contributed by atoms with van der Waals surface area (Å²) in [5.41, 5.74) is 1.23. The van der Waals surface area contributed by atoms with Crippen LogP contribution in [0.2, 0.25) is 0 Å². The van der Waals surface area contributed by atoms with Gasteiger partial charge in [-0.25, -0.2) is 4.79 Å². The van der Waals surface area contributed by atoms with Crippen molar-refractivity contribution in [2.75, 3.05) is 25.5 Å². The van der Waals surface area contributed by atoms with E-state index >= 15 is 0 Å². The lowest BCUT2D eigenvalue weighted by Crippen LogP contribution is -2.44. The average Bonchev–Trinajstić information content (AvgIpc) is 2.96. The SMILES string of the molecule is CCC(C)N(CCC(=O)N1CC2(C)CC1CC(C)(C)C2)C(=O)Nc1ccc(OC)cc1. The van der Waals surface area contributed by atoms with Crippen LogP contribution in [-0.2, 0) is 4.79 Å².